The third kappa shape index (κ3) is 2.58. The number of halogens is 1. The number of rotatable bonds is 3. The Kier molecular flexibility index (Phi) is 4.27. The van der Waals surface area contributed by atoms with Crippen LogP contribution in [0.3, 0.4) is 0 Å². The number of amides is 1. The van der Waals surface area contributed by atoms with Crippen LogP contribution in [0.5, 0.6) is 0 Å². The number of benzene rings is 1. The number of hydrogen-bond donors (Lipinski definition) is 0. The van der Waals surface area contributed by atoms with Crippen LogP contribution in [-0.2, 0) is 23.9 Å². The van der Waals surface area contributed by atoms with Crippen molar-refractivity contribution in [3.05, 3.63) is 40.6 Å². The van der Waals surface area contributed by atoms with E-state index in [1.807, 2.05) is 0 Å². The first-order valence-electron chi connectivity index (χ1n) is 5.97. The fourth-order valence-electron chi connectivity index (χ4n) is 1.94. The van der Waals surface area contributed by atoms with Gasteiger partial charge in [0.2, 0.25) is 0 Å². The largest absolute Gasteiger partial charge is 0.466 e. The number of fused-ring (bicyclic) bond motifs is 1. The van der Waals surface area contributed by atoms with Crippen molar-refractivity contribution >= 4 is 40.9 Å². The van der Waals surface area contributed by atoms with Gasteiger partial charge in [-0.25, -0.2) is 9.59 Å². The summed E-state index contributed by atoms with van der Waals surface area (Å²) in [6.45, 7) is 0. The van der Waals surface area contributed by atoms with E-state index in [0.29, 0.717) is 0 Å². The first-order chi connectivity index (χ1) is 10.4. The van der Waals surface area contributed by atoms with Gasteiger partial charge >= 0.3 is 17.8 Å². The average molecular weight is 324 g/mol. The maximum Gasteiger partial charge on any atom is 0.355 e. The number of nitrogens with zero attached hydrogens (tertiary/aromatic N) is 1. The maximum atomic E-state index is 12.1. The second-order valence-corrected chi connectivity index (χ2v) is 4.61. The lowest BCUT2D eigenvalue weighted by Crippen LogP contribution is -2.34. The molecule has 7 nitrogen and oxygen atoms in total. The van der Waals surface area contributed by atoms with Gasteiger partial charge in [0.15, 0.2) is 0 Å². The lowest BCUT2D eigenvalue weighted by atomic mass is 10.1. The van der Waals surface area contributed by atoms with Gasteiger partial charge in [-0.15, -0.1) is 0 Å². The smallest absolute Gasteiger partial charge is 0.355 e. The van der Waals surface area contributed by atoms with Crippen LogP contribution in [0.4, 0.5) is 5.69 Å². The molecule has 114 valence electrons. The number of ether oxygens (including phenoxy) is 2. The van der Waals surface area contributed by atoms with Crippen molar-refractivity contribution in [1.29, 1.82) is 0 Å². The molecule has 1 aromatic rings. The molecule has 0 aromatic heterocycles. The average Bonchev–Trinajstić information content (AvgIpc) is 2.75. The van der Waals surface area contributed by atoms with Crippen LogP contribution >= 0.6 is 11.6 Å². The van der Waals surface area contributed by atoms with Gasteiger partial charge in [-0.05, 0) is 18.2 Å². The highest BCUT2D eigenvalue weighted by Crippen LogP contribution is 2.34. The van der Waals surface area contributed by atoms with Gasteiger partial charge in [0, 0.05) is 5.02 Å². The van der Waals surface area contributed by atoms with Gasteiger partial charge in [0.1, 0.15) is 5.70 Å². The van der Waals surface area contributed by atoms with Gasteiger partial charge in [0.25, 0.3) is 5.78 Å². The molecule has 8 heteroatoms. The molecule has 0 bridgehead atoms. The molecular weight excluding hydrogens is 314 g/mol. The summed E-state index contributed by atoms with van der Waals surface area (Å²) in [6.07, 6.45) is 0.778. The number of hydrogen-bond acceptors (Lipinski definition) is 6. The summed E-state index contributed by atoms with van der Waals surface area (Å²) in [7, 11) is 2.19. The fraction of sp³-hybridized carbons (Fsp3) is 0.143. The fourth-order valence-corrected chi connectivity index (χ4v) is 2.11. The van der Waals surface area contributed by atoms with Crippen molar-refractivity contribution in [2.75, 3.05) is 19.1 Å². The zero-order valence-electron chi connectivity index (χ0n) is 11.6. The number of ketones is 1. The van der Waals surface area contributed by atoms with Crippen molar-refractivity contribution in [2.24, 2.45) is 0 Å². The summed E-state index contributed by atoms with van der Waals surface area (Å²) in [5, 5.41) is 0.262. The minimum absolute atomic E-state index is 0.0390. The molecule has 0 spiro atoms. The van der Waals surface area contributed by atoms with Crippen LogP contribution in [0, 0.1) is 0 Å². The molecule has 2 rings (SSSR count). The second-order valence-electron chi connectivity index (χ2n) is 4.18. The van der Waals surface area contributed by atoms with Crippen LogP contribution < -0.4 is 4.90 Å². The molecule has 0 radical (unpaired) electrons. The Bertz CT molecular complexity index is 724. The molecule has 0 N–H and O–H groups in total. The Morgan fingerprint density at radius 3 is 2.45 bits per heavy atom. The number of carbonyl (C=O) groups is 4. The summed E-state index contributed by atoms with van der Waals surface area (Å²) in [5.41, 5.74) is -0.245. The van der Waals surface area contributed by atoms with Crippen molar-refractivity contribution in [1.82, 2.24) is 0 Å². The van der Waals surface area contributed by atoms with Crippen LogP contribution in [0.2, 0.25) is 5.02 Å². The van der Waals surface area contributed by atoms with E-state index >= 15 is 0 Å². The highest BCUT2D eigenvalue weighted by molar-refractivity contribution is 6.54. The van der Waals surface area contributed by atoms with E-state index in [0.717, 1.165) is 25.2 Å². The third-order valence-electron chi connectivity index (χ3n) is 2.93. The summed E-state index contributed by atoms with van der Waals surface area (Å²) < 4.78 is 8.98. The molecule has 1 aliphatic rings. The minimum atomic E-state index is -0.988. The van der Waals surface area contributed by atoms with Gasteiger partial charge < -0.3 is 9.47 Å². The maximum absolute atomic E-state index is 12.1. The van der Waals surface area contributed by atoms with Crippen LogP contribution in [0.25, 0.3) is 0 Å². The molecule has 0 aliphatic carbocycles. The van der Waals surface area contributed by atoms with Gasteiger partial charge in [-0.3, -0.25) is 14.5 Å². The molecule has 0 saturated heterocycles. The molecular formula is C14H10ClNO6. The standard InChI is InChI=1S/C14H10ClNO6/c1-21-11(17)6-10(14(20)22-2)16-9-4-3-7(15)5-8(9)12(18)13(16)19/h3-6H,1-2H3/b10-6+. The SMILES string of the molecule is COC(=O)/C=C(\C(=O)OC)N1C(=O)C(=O)c2cc(Cl)ccc21. The molecule has 0 saturated carbocycles. The van der Waals surface area contributed by atoms with Crippen LogP contribution in [0.15, 0.2) is 30.0 Å². The third-order valence-corrected chi connectivity index (χ3v) is 3.17. The predicted molar refractivity (Wildman–Crippen MR) is 75.4 cm³/mol. The molecule has 1 heterocycles. The van der Waals surface area contributed by atoms with Gasteiger partial charge in [-0.2, -0.15) is 0 Å². The molecule has 1 aliphatic heterocycles. The quantitative estimate of drug-likeness (QED) is 0.470. The minimum Gasteiger partial charge on any atom is -0.466 e. The molecule has 0 unspecified atom stereocenters. The van der Waals surface area contributed by atoms with E-state index in [9.17, 15) is 19.2 Å². The predicted octanol–water partition coefficient (Wildman–Crippen LogP) is 1.10. The van der Waals surface area contributed by atoms with E-state index in [1.165, 1.54) is 18.2 Å². The van der Waals surface area contributed by atoms with E-state index < -0.39 is 29.3 Å². The van der Waals surface area contributed by atoms with Crippen molar-refractivity contribution < 1.29 is 28.7 Å². The summed E-state index contributed by atoms with van der Waals surface area (Å²) in [4.78, 5) is 48.2. The Morgan fingerprint density at radius 1 is 1.18 bits per heavy atom. The number of anilines is 1. The number of methoxy groups -OCH3 is 2. The number of Topliss-reactive ketones (excluding diaryl/α,β-unsaturated/α-hetero) is 1. The monoisotopic (exact) mass is 323 g/mol. The molecule has 0 atom stereocenters. The highest BCUT2D eigenvalue weighted by Gasteiger charge is 2.40. The zero-order chi connectivity index (χ0) is 16.4. The van der Waals surface area contributed by atoms with Crippen molar-refractivity contribution in [3.8, 4) is 0 Å². The first-order valence-corrected chi connectivity index (χ1v) is 6.34. The topological polar surface area (TPSA) is 90.0 Å². The second kappa shape index (κ2) is 5.98. The van der Waals surface area contributed by atoms with Crippen LogP contribution in [0.1, 0.15) is 10.4 Å². The Morgan fingerprint density at radius 2 is 1.86 bits per heavy atom. The van der Waals surface area contributed by atoms with Crippen molar-refractivity contribution in [3.63, 3.8) is 0 Å². The van der Waals surface area contributed by atoms with E-state index in [-0.39, 0.29) is 16.3 Å². The lowest BCUT2D eigenvalue weighted by Gasteiger charge is -2.18. The normalized spacial score (nSPS) is 14.0. The van der Waals surface area contributed by atoms with Gasteiger partial charge in [0.05, 0.1) is 31.5 Å². The van der Waals surface area contributed by atoms with E-state index in [2.05, 4.69) is 9.47 Å². The molecule has 0 fully saturated rings. The lowest BCUT2D eigenvalue weighted by molar-refractivity contribution is -0.138. The Hall–Kier alpha value is -2.67. The number of esters is 2. The summed E-state index contributed by atoms with van der Waals surface area (Å²) in [5.74, 6) is -3.66. The van der Waals surface area contributed by atoms with E-state index in [1.54, 1.807) is 0 Å². The molecule has 1 amide bonds. The first kappa shape index (κ1) is 15.7. The zero-order valence-corrected chi connectivity index (χ0v) is 12.3. The highest BCUT2D eigenvalue weighted by atomic mass is 35.5. The van der Waals surface area contributed by atoms with Gasteiger partial charge in [-0.1, -0.05) is 11.6 Å². The summed E-state index contributed by atoms with van der Waals surface area (Å²) in [6, 6.07) is 4.16. The van der Waals surface area contributed by atoms with Crippen LogP contribution in [-0.4, -0.2) is 37.8 Å². The molecule has 1 aromatic carbocycles. The number of carbonyl (C=O) groups excluding carboxylic acids is 4. The van der Waals surface area contributed by atoms with E-state index in [4.69, 9.17) is 11.6 Å². The summed E-state index contributed by atoms with van der Waals surface area (Å²) >= 11 is 5.80. The Labute approximate surface area is 130 Å². The van der Waals surface area contributed by atoms with Crippen molar-refractivity contribution in [2.45, 2.75) is 0 Å². The Balaban J connectivity index is 2.61. The molecule has 22 heavy (non-hydrogen) atoms.